The molecule has 2 heterocycles. The zero-order chi connectivity index (χ0) is 14.8. The van der Waals surface area contributed by atoms with Gasteiger partial charge in [0.05, 0.1) is 12.1 Å². The van der Waals surface area contributed by atoms with Gasteiger partial charge in [0.2, 0.25) is 0 Å². The van der Waals surface area contributed by atoms with Gasteiger partial charge in [-0.2, -0.15) is 0 Å². The molecule has 0 spiro atoms. The standard InChI is InChI=1S/C17H17ClN2O/c1-12-7-8-15(21-12)11-20(2)10-14-9-13-5-3-4-6-16(13)19-17(14)18/h3-9H,10-11H2,1-2H3. The van der Waals surface area contributed by atoms with Crippen molar-refractivity contribution in [2.75, 3.05) is 7.05 Å². The Labute approximate surface area is 129 Å². The van der Waals surface area contributed by atoms with Gasteiger partial charge in [-0.3, -0.25) is 4.90 Å². The van der Waals surface area contributed by atoms with Crippen LogP contribution in [0.5, 0.6) is 0 Å². The van der Waals surface area contributed by atoms with E-state index in [2.05, 4.69) is 22.0 Å². The first-order valence-corrected chi connectivity index (χ1v) is 7.27. The number of fused-ring (bicyclic) bond motifs is 1. The second kappa shape index (κ2) is 5.88. The minimum absolute atomic E-state index is 0.566. The van der Waals surface area contributed by atoms with E-state index in [0.29, 0.717) is 5.15 Å². The van der Waals surface area contributed by atoms with E-state index in [-0.39, 0.29) is 0 Å². The highest BCUT2D eigenvalue weighted by molar-refractivity contribution is 6.30. The number of furan rings is 1. The molecular formula is C17H17ClN2O. The molecule has 2 aromatic heterocycles. The van der Waals surface area contributed by atoms with Crippen molar-refractivity contribution in [1.29, 1.82) is 0 Å². The Hall–Kier alpha value is -1.84. The quantitative estimate of drug-likeness (QED) is 0.668. The number of pyridine rings is 1. The molecule has 0 aliphatic carbocycles. The molecule has 0 saturated heterocycles. The van der Waals surface area contributed by atoms with Gasteiger partial charge < -0.3 is 4.42 Å². The van der Waals surface area contributed by atoms with Crippen molar-refractivity contribution in [2.45, 2.75) is 20.0 Å². The maximum atomic E-state index is 6.29. The van der Waals surface area contributed by atoms with Gasteiger partial charge in [-0.25, -0.2) is 4.98 Å². The average molecular weight is 301 g/mol. The van der Waals surface area contributed by atoms with E-state index in [9.17, 15) is 0 Å². The number of hydrogen-bond donors (Lipinski definition) is 0. The van der Waals surface area contributed by atoms with Gasteiger partial charge in [0.1, 0.15) is 16.7 Å². The molecule has 0 aliphatic heterocycles. The number of nitrogens with zero attached hydrogens (tertiary/aromatic N) is 2. The van der Waals surface area contributed by atoms with Gasteiger partial charge in [-0.1, -0.05) is 29.8 Å². The summed E-state index contributed by atoms with van der Waals surface area (Å²) in [5, 5.41) is 1.68. The number of halogens is 1. The lowest BCUT2D eigenvalue weighted by atomic mass is 10.1. The van der Waals surface area contributed by atoms with Gasteiger partial charge >= 0.3 is 0 Å². The first-order valence-electron chi connectivity index (χ1n) is 6.90. The average Bonchev–Trinajstić information content (AvgIpc) is 2.85. The number of aromatic nitrogens is 1. The first-order chi connectivity index (χ1) is 10.1. The number of aryl methyl sites for hydroxylation is 1. The normalized spacial score (nSPS) is 11.4. The lowest BCUT2D eigenvalue weighted by molar-refractivity contribution is 0.285. The highest BCUT2D eigenvalue weighted by atomic mass is 35.5. The molecule has 0 radical (unpaired) electrons. The Morgan fingerprint density at radius 1 is 1.14 bits per heavy atom. The van der Waals surface area contributed by atoms with Crippen LogP contribution in [0.4, 0.5) is 0 Å². The zero-order valence-electron chi connectivity index (χ0n) is 12.1. The van der Waals surface area contributed by atoms with E-state index in [0.717, 1.165) is 41.1 Å². The van der Waals surface area contributed by atoms with Crippen molar-refractivity contribution >= 4 is 22.5 Å². The van der Waals surface area contributed by atoms with Crippen molar-refractivity contribution in [3.63, 3.8) is 0 Å². The Morgan fingerprint density at radius 2 is 1.95 bits per heavy atom. The summed E-state index contributed by atoms with van der Waals surface area (Å²) in [6, 6.07) is 14.1. The zero-order valence-corrected chi connectivity index (χ0v) is 12.9. The van der Waals surface area contributed by atoms with Crippen LogP contribution in [0.25, 0.3) is 10.9 Å². The monoisotopic (exact) mass is 300 g/mol. The van der Waals surface area contributed by atoms with Crippen molar-refractivity contribution in [1.82, 2.24) is 9.88 Å². The fraction of sp³-hybridized carbons (Fsp3) is 0.235. The van der Waals surface area contributed by atoms with Crippen LogP contribution in [-0.2, 0) is 13.1 Å². The SMILES string of the molecule is Cc1ccc(CN(C)Cc2cc3ccccc3nc2Cl)o1. The molecule has 108 valence electrons. The summed E-state index contributed by atoms with van der Waals surface area (Å²) < 4.78 is 5.60. The Balaban J connectivity index is 1.79. The lowest BCUT2D eigenvalue weighted by Gasteiger charge is -2.16. The summed E-state index contributed by atoms with van der Waals surface area (Å²) in [5.74, 6) is 1.89. The largest absolute Gasteiger partial charge is 0.465 e. The second-order valence-corrected chi connectivity index (χ2v) is 5.67. The molecule has 1 aromatic carbocycles. The molecule has 3 nitrogen and oxygen atoms in total. The predicted octanol–water partition coefficient (Wildman–Crippen LogP) is 4.42. The highest BCUT2D eigenvalue weighted by Gasteiger charge is 2.09. The summed E-state index contributed by atoms with van der Waals surface area (Å²) in [5.41, 5.74) is 1.96. The van der Waals surface area contributed by atoms with E-state index < -0.39 is 0 Å². The third-order valence-corrected chi connectivity index (χ3v) is 3.74. The lowest BCUT2D eigenvalue weighted by Crippen LogP contribution is -2.17. The van der Waals surface area contributed by atoms with Gasteiger partial charge in [0.15, 0.2) is 0 Å². The topological polar surface area (TPSA) is 29.3 Å². The van der Waals surface area contributed by atoms with Crippen LogP contribution in [0.15, 0.2) is 46.9 Å². The smallest absolute Gasteiger partial charge is 0.134 e. The van der Waals surface area contributed by atoms with Crippen LogP contribution in [0.2, 0.25) is 5.15 Å². The Kier molecular flexibility index (Phi) is 3.95. The predicted molar refractivity (Wildman–Crippen MR) is 85.4 cm³/mol. The van der Waals surface area contributed by atoms with Crippen molar-refractivity contribution < 1.29 is 4.42 Å². The number of para-hydroxylation sites is 1. The summed E-state index contributed by atoms with van der Waals surface area (Å²) in [6.07, 6.45) is 0. The molecule has 0 amide bonds. The minimum atomic E-state index is 0.566. The fourth-order valence-electron chi connectivity index (χ4n) is 2.43. The van der Waals surface area contributed by atoms with Crippen molar-refractivity contribution in [3.8, 4) is 0 Å². The third-order valence-electron chi connectivity index (χ3n) is 3.41. The molecule has 4 heteroatoms. The second-order valence-electron chi connectivity index (χ2n) is 5.32. The Bertz CT molecular complexity index is 766. The number of rotatable bonds is 4. The molecule has 3 rings (SSSR count). The van der Waals surface area contributed by atoms with Crippen LogP contribution in [0.3, 0.4) is 0 Å². The molecule has 0 aliphatic rings. The molecule has 0 N–H and O–H groups in total. The fourth-order valence-corrected chi connectivity index (χ4v) is 2.64. The van der Waals surface area contributed by atoms with E-state index in [4.69, 9.17) is 16.0 Å². The summed E-state index contributed by atoms with van der Waals surface area (Å²) in [4.78, 5) is 6.62. The maximum absolute atomic E-state index is 6.29. The maximum Gasteiger partial charge on any atom is 0.134 e. The first kappa shape index (κ1) is 14.1. The van der Waals surface area contributed by atoms with Crippen LogP contribution < -0.4 is 0 Å². The van der Waals surface area contributed by atoms with E-state index in [1.165, 1.54) is 0 Å². The minimum Gasteiger partial charge on any atom is -0.465 e. The number of hydrogen-bond acceptors (Lipinski definition) is 3. The van der Waals surface area contributed by atoms with Gasteiger partial charge in [0.25, 0.3) is 0 Å². The molecule has 0 unspecified atom stereocenters. The summed E-state index contributed by atoms with van der Waals surface area (Å²) in [7, 11) is 2.05. The van der Waals surface area contributed by atoms with Crippen molar-refractivity contribution in [3.05, 3.63) is 64.7 Å². The van der Waals surface area contributed by atoms with E-state index >= 15 is 0 Å². The molecule has 21 heavy (non-hydrogen) atoms. The van der Waals surface area contributed by atoms with Gasteiger partial charge in [-0.15, -0.1) is 0 Å². The summed E-state index contributed by atoms with van der Waals surface area (Å²) in [6.45, 7) is 3.43. The highest BCUT2D eigenvalue weighted by Crippen LogP contribution is 2.22. The molecule has 0 atom stereocenters. The van der Waals surface area contributed by atoms with E-state index in [1.54, 1.807) is 0 Å². The molecule has 0 bridgehead atoms. The molecule has 3 aromatic rings. The molecular weight excluding hydrogens is 284 g/mol. The third kappa shape index (κ3) is 3.26. The van der Waals surface area contributed by atoms with Crippen LogP contribution >= 0.6 is 11.6 Å². The van der Waals surface area contributed by atoms with Gasteiger partial charge in [0, 0.05) is 17.5 Å². The van der Waals surface area contributed by atoms with Crippen molar-refractivity contribution in [2.24, 2.45) is 0 Å². The van der Waals surface area contributed by atoms with Crippen LogP contribution in [0.1, 0.15) is 17.1 Å². The molecule has 0 saturated carbocycles. The Morgan fingerprint density at radius 3 is 2.71 bits per heavy atom. The summed E-state index contributed by atoms with van der Waals surface area (Å²) >= 11 is 6.29. The van der Waals surface area contributed by atoms with Crippen LogP contribution in [-0.4, -0.2) is 16.9 Å². The van der Waals surface area contributed by atoms with E-state index in [1.807, 2.05) is 44.3 Å². The van der Waals surface area contributed by atoms with Gasteiger partial charge in [-0.05, 0) is 38.2 Å². The molecule has 0 fully saturated rings. The number of benzene rings is 1. The van der Waals surface area contributed by atoms with Crippen LogP contribution in [0, 0.1) is 6.92 Å².